The summed E-state index contributed by atoms with van der Waals surface area (Å²) in [5.74, 6) is 0.195. The number of hydrogen-bond acceptors (Lipinski definition) is 3. The molecule has 4 nitrogen and oxygen atoms in total. The Morgan fingerprint density at radius 2 is 2.23 bits per heavy atom. The van der Waals surface area contributed by atoms with Crippen LogP contribution in [0.3, 0.4) is 0 Å². The fourth-order valence-corrected chi connectivity index (χ4v) is 1.00. The molecule has 0 saturated carbocycles. The summed E-state index contributed by atoms with van der Waals surface area (Å²) >= 11 is 0. The second-order valence-corrected chi connectivity index (χ2v) is 2.46. The maximum Gasteiger partial charge on any atom is 0.254 e. The Morgan fingerprint density at radius 1 is 1.54 bits per heavy atom. The number of rotatable bonds is 2. The van der Waals surface area contributed by atoms with Gasteiger partial charge in [0.05, 0.1) is 12.7 Å². The minimum atomic E-state index is -0.239. The van der Waals surface area contributed by atoms with E-state index in [2.05, 4.69) is 5.32 Å². The number of methoxy groups -OCH3 is 1. The van der Waals surface area contributed by atoms with Crippen LogP contribution in [0.4, 0.5) is 0 Å². The van der Waals surface area contributed by atoms with Gasteiger partial charge in [0.2, 0.25) is 0 Å². The van der Waals surface area contributed by atoms with Crippen molar-refractivity contribution in [1.29, 1.82) is 0 Å². The highest BCUT2D eigenvalue weighted by molar-refractivity contribution is 5.96. The maximum absolute atomic E-state index is 11.2. The molecular weight excluding hydrogens is 170 g/mol. The molecule has 13 heavy (non-hydrogen) atoms. The number of hydrogen-bond donors (Lipinski definition) is 2. The number of ether oxygens (including phenoxy) is 1. The number of phenols is 1. The lowest BCUT2D eigenvalue weighted by atomic mass is 10.2. The topological polar surface area (TPSA) is 58.6 Å². The molecule has 0 aliphatic heterocycles. The average molecular weight is 181 g/mol. The summed E-state index contributed by atoms with van der Waals surface area (Å²) < 4.78 is 4.93. The summed E-state index contributed by atoms with van der Waals surface area (Å²) in [4.78, 5) is 11.2. The van der Waals surface area contributed by atoms with Gasteiger partial charge in [0.1, 0.15) is 11.5 Å². The van der Waals surface area contributed by atoms with E-state index in [0.29, 0.717) is 11.3 Å². The molecule has 0 bridgehead atoms. The zero-order chi connectivity index (χ0) is 9.84. The van der Waals surface area contributed by atoms with E-state index in [1.165, 1.54) is 32.4 Å². The van der Waals surface area contributed by atoms with Crippen LogP contribution in [0.2, 0.25) is 0 Å². The number of aromatic hydroxyl groups is 1. The fourth-order valence-electron chi connectivity index (χ4n) is 1.00. The molecule has 1 aromatic carbocycles. The Balaban J connectivity index is 3.13. The molecule has 0 radical (unpaired) electrons. The highest BCUT2D eigenvalue weighted by Crippen LogP contribution is 2.23. The van der Waals surface area contributed by atoms with Crippen molar-refractivity contribution in [3.8, 4) is 11.5 Å². The Hall–Kier alpha value is -1.71. The lowest BCUT2D eigenvalue weighted by molar-refractivity contribution is 0.0960. The van der Waals surface area contributed by atoms with Crippen molar-refractivity contribution in [1.82, 2.24) is 5.32 Å². The molecule has 0 aliphatic rings. The van der Waals surface area contributed by atoms with Crippen molar-refractivity contribution in [3.05, 3.63) is 23.8 Å². The van der Waals surface area contributed by atoms with Gasteiger partial charge in [-0.3, -0.25) is 4.79 Å². The molecular formula is C9H11NO3. The Labute approximate surface area is 76.1 Å². The molecule has 0 unspecified atom stereocenters. The second kappa shape index (κ2) is 3.80. The molecule has 0 atom stereocenters. The summed E-state index contributed by atoms with van der Waals surface area (Å²) in [5, 5.41) is 11.6. The second-order valence-electron chi connectivity index (χ2n) is 2.46. The van der Waals surface area contributed by atoms with Crippen LogP contribution in [0.5, 0.6) is 11.5 Å². The summed E-state index contributed by atoms with van der Waals surface area (Å²) in [6.45, 7) is 0. The molecule has 0 spiro atoms. The number of amides is 1. The van der Waals surface area contributed by atoms with Crippen LogP contribution >= 0.6 is 0 Å². The number of benzene rings is 1. The van der Waals surface area contributed by atoms with Crippen LogP contribution < -0.4 is 10.1 Å². The smallest absolute Gasteiger partial charge is 0.254 e. The lowest BCUT2D eigenvalue weighted by Crippen LogP contribution is -2.18. The van der Waals surface area contributed by atoms with Crippen molar-refractivity contribution in [2.75, 3.05) is 14.2 Å². The molecule has 4 heteroatoms. The van der Waals surface area contributed by atoms with Crippen LogP contribution in [-0.4, -0.2) is 25.2 Å². The first-order valence-electron chi connectivity index (χ1n) is 3.78. The van der Waals surface area contributed by atoms with Crippen LogP contribution in [0.25, 0.3) is 0 Å². The van der Waals surface area contributed by atoms with Crippen LogP contribution in [0, 0.1) is 0 Å². The third kappa shape index (κ3) is 1.90. The van der Waals surface area contributed by atoms with Crippen molar-refractivity contribution < 1.29 is 14.6 Å². The van der Waals surface area contributed by atoms with E-state index in [-0.39, 0.29) is 11.7 Å². The highest BCUT2D eigenvalue weighted by Gasteiger charge is 2.10. The summed E-state index contributed by atoms with van der Waals surface area (Å²) in [6.07, 6.45) is 0. The van der Waals surface area contributed by atoms with Gasteiger partial charge in [-0.1, -0.05) is 0 Å². The zero-order valence-corrected chi connectivity index (χ0v) is 7.50. The van der Waals surface area contributed by atoms with Crippen molar-refractivity contribution in [2.45, 2.75) is 0 Å². The van der Waals surface area contributed by atoms with E-state index in [9.17, 15) is 4.79 Å². The maximum atomic E-state index is 11.2. The average Bonchev–Trinajstić information content (AvgIpc) is 2.16. The van der Waals surface area contributed by atoms with Crippen LogP contribution in [0.15, 0.2) is 18.2 Å². The third-order valence-electron chi connectivity index (χ3n) is 1.66. The molecule has 0 saturated heterocycles. The van der Waals surface area contributed by atoms with E-state index < -0.39 is 0 Å². The van der Waals surface area contributed by atoms with Gasteiger partial charge >= 0.3 is 0 Å². The van der Waals surface area contributed by atoms with Gasteiger partial charge in [-0.2, -0.15) is 0 Å². The van der Waals surface area contributed by atoms with Gasteiger partial charge in [0.15, 0.2) is 0 Å². The van der Waals surface area contributed by atoms with Gasteiger partial charge in [-0.05, 0) is 12.1 Å². The van der Waals surface area contributed by atoms with Gasteiger partial charge in [-0.15, -0.1) is 0 Å². The predicted octanol–water partition coefficient (Wildman–Crippen LogP) is 0.760. The number of nitrogens with one attached hydrogen (secondary N) is 1. The molecule has 0 heterocycles. The molecule has 1 rings (SSSR count). The minimum Gasteiger partial charge on any atom is -0.508 e. The predicted molar refractivity (Wildman–Crippen MR) is 48.0 cm³/mol. The molecule has 70 valence electrons. The van der Waals surface area contributed by atoms with Gasteiger partial charge in [-0.25, -0.2) is 0 Å². The summed E-state index contributed by atoms with van der Waals surface area (Å²) in [7, 11) is 2.98. The van der Waals surface area contributed by atoms with Crippen molar-refractivity contribution >= 4 is 5.91 Å². The monoisotopic (exact) mass is 181 g/mol. The minimum absolute atomic E-state index is 0.0736. The van der Waals surface area contributed by atoms with E-state index >= 15 is 0 Å². The third-order valence-corrected chi connectivity index (χ3v) is 1.66. The Morgan fingerprint density at radius 3 is 2.77 bits per heavy atom. The fraction of sp³-hybridized carbons (Fsp3) is 0.222. The quantitative estimate of drug-likeness (QED) is 0.708. The first kappa shape index (κ1) is 9.38. The Kier molecular flexibility index (Phi) is 2.74. The van der Waals surface area contributed by atoms with E-state index in [1.807, 2.05) is 0 Å². The molecule has 1 amide bonds. The lowest BCUT2D eigenvalue weighted by Gasteiger charge is -2.06. The molecule has 0 aromatic heterocycles. The normalized spacial score (nSPS) is 9.38. The largest absolute Gasteiger partial charge is 0.508 e. The highest BCUT2D eigenvalue weighted by atomic mass is 16.5. The summed E-state index contributed by atoms with van der Waals surface area (Å²) in [5.41, 5.74) is 0.405. The van der Waals surface area contributed by atoms with Crippen LogP contribution in [-0.2, 0) is 0 Å². The van der Waals surface area contributed by atoms with E-state index in [1.54, 1.807) is 0 Å². The van der Waals surface area contributed by atoms with Crippen LogP contribution in [0.1, 0.15) is 10.4 Å². The molecule has 1 aromatic rings. The van der Waals surface area contributed by atoms with Gasteiger partial charge in [0.25, 0.3) is 5.91 Å². The van der Waals surface area contributed by atoms with E-state index in [0.717, 1.165) is 0 Å². The first-order valence-corrected chi connectivity index (χ1v) is 3.78. The standard InChI is InChI=1S/C9H11NO3/c1-10-9(12)7-4-3-6(11)5-8(7)13-2/h3-5,11H,1-2H3,(H,10,12). The zero-order valence-electron chi connectivity index (χ0n) is 7.50. The van der Waals surface area contributed by atoms with E-state index in [4.69, 9.17) is 9.84 Å². The molecule has 2 N–H and O–H groups in total. The number of phenolic OH excluding ortho intramolecular Hbond substituents is 1. The van der Waals surface area contributed by atoms with Gasteiger partial charge < -0.3 is 15.2 Å². The van der Waals surface area contributed by atoms with Crippen molar-refractivity contribution in [2.24, 2.45) is 0 Å². The first-order chi connectivity index (χ1) is 6.19. The SMILES string of the molecule is CNC(=O)c1ccc(O)cc1OC. The van der Waals surface area contributed by atoms with Crippen molar-refractivity contribution in [3.63, 3.8) is 0 Å². The number of carbonyl (C=O) groups excluding carboxylic acids is 1. The molecule has 0 fully saturated rings. The Bertz CT molecular complexity index is 323. The number of carbonyl (C=O) groups is 1. The molecule has 0 aliphatic carbocycles. The van der Waals surface area contributed by atoms with Gasteiger partial charge in [0, 0.05) is 13.1 Å². The summed E-state index contributed by atoms with van der Waals surface area (Å²) in [6, 6.07) is 4.34.